The van der Waals surface area contributed by atoms with Crippen molar-refractivity contribution in [3.05, 3.63) is 78.0 Å². The van der Waals surface area contributed by atoms with Gasteiger partial charge in [0.25, 0.3) is 5.91 Å². The number of nitrogens with zero attached hydrogens (tertiary/aromatic N) is 5. The van der Waals surface area contributed by atoms with Crippen molar-refractivity contribution in [2.45, 2.75) is 6.54 Å². The lowest BCUT2D eigenvalue weighted by atomic mass is 10.1. The van der Waals surface area contributed by atoms with Crippen LogP contribution in [0.5, 0.6) is 0 Å². The molecule has 0 aliphatic heterocycles. The maximum atomic E-state index is 12.6. The van der Waals surface area contributed by atoms with E-state index in [0.29, 0.717) is 23.3 Å². The van der Waals surface area contributed by atoms with Crippen LogP contribution in [0, 0.1) is 0 Å². The largest absolute Gasteiger partial charge is 0.378 e. The zero-order valence-corrected chi connectivity index (χ0v) is 15.7. The van der Waals surface area contributed by atoms with Crippen LogP contribution in [0.25, 0.3) is 16.9 Å². The molecule has 7 nitrogen and oxygen atoms in total. The molecule has 0 unspecified atom stereocenters. The van der Waals surface area contributed by atoms with Crippen LogP contribution in [0.15, 0.2) is 66.9 Å². The third kappa shape index (κ3) is 3.55. The number of pyridine rings is 1. The molecule has 1 amide bonds. The van der Waals surface area contributed by atoms with Crippen molar-refractivity contribution in [2.75, 3.05) is 19.0 Å². The zero-order valence-electron chi connectivity index (χ0n) is 15.7. The van der Waals surface area contributed by atoms with Gasteiger partial charge in [0, 0.05) is 38.1 Å². The first-order valence-electron chi connectivity index (χ1n) is 8.93. The van der Waals surface area contributed by atoms with Gasteiger partial charge in [0.05, 0.1) is 5.69 Å². The van der Waals surface area contributed by atoms with Gasteiger partial charge >= 0.3 is 0 Å². The van der Waals surface area contributed by atoms with E-state index < -0.39 is 0 Å². The Hall–Kier alpha value is -3.74. The number of hydrogen-bond donors (Lipinski definition) is 1. The highest BCUT2D eigenvalue weighted by Gasteiger charge is 2.11. The molecule has 0 radical (unpaired) electrons. The smallest absolute Gasteiger partial charge is 0.251 e. The highest BCUT2D eigenvalue weighted by atomic mass is 16.1. The summed E-state index contributed by atoms with van der Waals surface area (Å²) in [5.74, 6) is -0.143. The van der Waals surface area contributed by atoms with Gasteiger partial charge in [0.15, 0.2) is 5.65 Å². The van der Waals surface area contributed by atoms with E-state index in [1.54, 1.807) is 23.0 Å². The lowest BCUT2D eigenvalue weighted by Crippen LogP contribution is -2.23. The van der Waals surface area contributed by atoms with Crippen molar-refractivity contribution in [2.24, 2.45) is 0 Å². The molecule has 2 aromatic heterocycles. The minimum absolute atomic E-state index is 0.143. The first kappa shape index (κ1) is 17.7. The van der Waals surface area contributed by atoms with E-state index in [9.17, 15) is 4.79 Å². The van der Waals surface area contributed by atoms with Gasteiger partial charge in [-0.3, -0.25) is 4.79 Å². The lowest BCUT2D eigenvalue weighted by Gasteiger charge is -2.13. The minimum Gasteiger partial charge on any atom is -0.378 e. The summed E-state index contributed by atoms with van der Waals surface area (Å²) >= 11 is 0. The summed E-state index contributed by atoms with van der Waals surface area (Å²) in [6.07, 6.45) is 1.69. The summed E-state index contributed by atoms with van der Waals surface area (Å²) in [5, 5.41) is 11.2. The van der Waals surface area contributed by atoms with E-state index in [4.69, 9.17) is 0 Å². The molecule has 140 valence electrons. The van der Waals surface area contributed by atoms with Gasteiger partial charge in [-0.25, -0.2) is 4.98 Å². The summed E-state index contributed by atoms with van der Waals surface area (Å²) in [6.45, 7) is 0.463. The summed E-state index contributed by atoms with van der Waals surface area (Å²) in [7, 11) is 4.00. The number of amides is 1. The standard InChI is InChI=1S/C21H20N6O/c1-26(2)17-10-8-15(9-11-17)14-23-21(28)16-5-3-6-18(13-16)27-20-19(24-25-27)7-4-12-22-20/h3-13H,14H2,1-2H3,(H,23,28). The Morgan fingerprint density at radius 2 is 1.89 bits per heavy atom. The Morgan fingerprint density at radius 3 is 2.68 bits per heavy atom. The predicted octanol–water partition coefficient (Wildman–Crippen LogP) is 2.81. The van der Waals surface area contributed by atoms with E-state index in [1.165, 1.54) is 0 Å². The monoisotopic (exact) mass is 372 g/mol. The molecule has 0 aliphatic rings. The number of carbonyl (C=O) groups is 1. The zero-order chi connectivity index (χ0) is 19.5. The van der Waals surface area contributed by atoms with Gasteiger partial charge in [0.1, 0.15) is 5.52 Å². The van der Waals surface area contributed by atoms with Crippen molar-refractivity contribution in [3.63, 3.8) is 0 Å². The van der Waals surface area contributed by atoms with Gasteiger partial charge in [-0.2, -0.15) is 4.68 Å². The average molecular weight is 372 g/mol. The first-order valence-corrected chi connectivity index (χ1v) is 8.93. The normalized spacial score (nSPS) is 10.8. The fourth-order valence-corrected chi connectivity index (χ4v) is 2.91. The van der Waals surface area contributed by atoms with Crippen LogP contribution in [0.3, 0.4) is 0 Å². The number of hydrogen-bond acceptors (Lipinski definition) is 5. The third-order valence-electron chi connectivity index (χ3n) is 4.47. The predicted molar refractivity (Wildman–Crippen MR) is 109 cm³/mol. The fraction of sp³-hybridized carbons (Fsp3) is 0.143. The maximum absolute atomic E-state index is 12.6. The molecule has 0 aliphatic carbocycles. The number of anilines is 1. The van der Waals surface area contributed by atoms with Crippen LogP contribution in [0.2, 0.25) is 0 Å². The molecular formula is C21H20N6O. The van der Waals surface area contributed by atoms with E-state index in [1.807, 2.05) is 67.5 Å². The highest BCUT2D eigenvalue weighted by molar-refractivity contribution is 5.94. The second-order valence-corrected chi connectivity index (χ2v) is 6.64. The van der Waals surface area contributed by atoms with Gasteiger partial charge in [-0.15, -0.1) is 5.10 Å². The van der Waals surface area contributed by atoms with Gasteiger partial charge in [-0.05, 0) is 48.0 Å². The Morgan fingerprint density at radius 1 is 1.07 bits per heavy atom. The van der Waals surface area contributed by atoms with Crippen molar-refractivity contribution >= 4 is 22.8 Å². The number of rotatable bonds is 5. The van der Waals surface area contributed by atoms with E-state index >= 15 is 0 Å². The van der Waals surface area contributed by atoms with Crippen molar-refractivity contribution < 1.29 is 4.79 Å². The SMILES string of the molecule is CN(C)c1ccc(CNC(=O)c2cccc(-n3nnc4cccnc43)c2)cc1. The molecule has 0 spiro atoms. The van der Waals surface area contributed by atoms with Crippen LogP contribution in [-0.4, -0.2) is 40.0 Å². The van der Waals surface area contributed by atoms with Crippen LogP contribution < -0.4 is 10.2 Å². The molecule has 0 saturated heterocycles. The summed E-state index contributed by atoms with van der Waals surface area (Å²) in [6, 6.07) is 19.0. The quantitative estimate of drug-likeness (QED) is 0.583. The molecule has 2 aromatic carbocycles. The van der Waals surface area contributed by atoms with Crippen molar-refractivity contribution in [3.8, 4) is 5.69 Å². The Balaban J connectivity index is 1.50. The van der Waals surface area contributed by atoms with Crippen molar-refractivity contribution in [1.82, 2.24) is 25.3 Å². The number of aromatic nitrogens is 4. The molecule has 28 heavy (non-hydrogen) atoms. The lowest BCUT2D eigenvalue weighted by molar-refractivity contribution is 0.0951. The Bertz CT molecular complexity index is 1120. The maximum Gasteiger partial charge on any atom is 0.251 e. The van der Waals surface area contributed by atoms with Gasteiger partial charge in [-0.1, -0.05) is 23.4 Å². The number of benzene rings is 2. The second kappa shape index (κ2) is 7.48. The molecule has 4 rings (SSSR count). The first-order chi connectivity index (χ1) is 13.6. The summed E-state index contributed by atoms with van der Waals surface area (Å²) in [5.41, 5.74) is 4.82. The minimum atomic E-state index is -0.143. The number of fused-ring (bicyclic) bond motifs is 1. The van der Waals surface area contributed by atoms with Crippen LogP contribution in [-0.2, 0) is 6.54 Å². The van der Waals surface area contributed by atoms with Crippen molar-refractivity contribution in [1.29, 1.82) is 0 Å². The molecular weight excluding hydrogens is 352 g/mol. The Labute approximate surface area is 162 Å². The van der Waals surface area contributed by atoms with Crippen LogP contribution >= 0.6 is 0 Å². The molecule has 0 saturated carbocycles. The van der Waals surface area contributed by atoms with Gasteiger partial charge < -0.3 is 10.2 Å². The number of nitrogens with one attached hydrogen (secondary N) is 1. The second-order valence-electron chi connectivity index (χ2n) is 6.64. The van der Waals surface area contributed by atoms with Gasteiger partial charge in [0.2, 0.25) is 0 Å². The fourth-order valence-electron chi connectivity index (χ4n) is 2.91. The average Bonchev–Trinajstić information content (AvgIpc) is 3.16. The Kier molecular flexibility index (Phi) is 4.72. The topological polar surface area (TPSA) is 75.9 Å². The third-order valence-corrected chi connectivity index (χ3v) is 4.47. The molecule has 2 heterocycles. The molecule has 7 heteroatoms. The summed E-state index contributed by atoms with van der Waals surface area (Å²) in [4.78, 5) is 19.0. The van der Waals surface area contributed by atoms with E-state index in [2.05, 4.69) is 20.6 Å². The number of carbonyl (C=O) groups excluding carboxylic acids is 1. The highest BCUT2D eigenvalue weighted by Crippen LogP contribution is 2.16. The molecule has 1 N–H and O–H groups in total. The van der Waals surface area contributed by atoms with Crippen LogP contribution in [0.4, 0.5) is 5.69 Å². The molecule has 0 atom stereocenters. The summed E-state index contributed by atoms with van der Waals surface area (Å²) < 4.78 is 1.63. The molecule has 0 bridgehead atoms. The molecule has 0 fully saturated rings. The van der Waals surface area contributed by atoms with Crippen LogP contribution in [0.1, 0.15) is 15.9 Å². The van der Waals surface area contributed by atoms with E-state index in [-0.39, 0.29) is 5.91 Å². The molecule has 4 aromatic rings. The van der Waals surface area contributed by atoms with E-state index in [0.717, 1.165) is 16.9 Å².